The maximum Gasteiger partial charge on any atom is 0.0568 e. The molecule has 0 aliphatic carbocycles. The first-order valence-electron chi connectivity index (χ1n) is 7.71. The molecule has 116 valence electrons. The Kier molecular flexibility index (Phi) is 5.79. The SMILES string of the molecule is C/C(=C\N(N)c1ccccc1)CN(C)C[C@@H]1CCCN1C. The molecule has 0 radical (unpaired) electrons. The highest BCUT2D eigenvalue weighted by Crippen LogP contribution is 2.16. The normalized spacial score (nSPS) is 20.2. The Bertz CT molecular complexity index is 457. The highest BCUT2D eigenvalue weighted by molar-refractivity contribution is 5.47. The molecule has 0 bridgehead atoms. The van der Waals surface area contributed by atoms with Gasteiger partial charge in [0, 0.05) is 25.3 Å². The lowest BCUT2D eigenvalue weighted by atomic mass is 10.2. The van der Waals surface area contributed by atoms with Crippen LogP contribution in [0.25, 0.3) is 0 Å². The average Bonchev–Trinajstić information content (AvgIpc) is 2.84. The molecule has 4 heteroatoms. The molecule has 0 aromatic heterocycles. The second kappa shape index (κ2) is 7.59. The smallest absolute Gasteiger partial charge is 0.0568 e. The third-order valence-electron chi connectivity index (χ3n) is 4.13. The summed E-state index contributed by atoms with van der Waals surface area (Å²) in [5.41, 5.74) is 2.28. The van der Waals surface area contributed by atoms with Crippen LogP contribution in [-0.4, -0.2) is 49.6 Å². The number of rotatable bonds is 6. The molecule has 1 aromatic carbocycles. The maximum absolute atomic E-state index is 6.09. The van der Waals surface area contributed by atoms with Gasteiger partial charge in [0.15, 0.2) is 0 Å². The van der Waals surface area contributed by atoms with E-state index >= 15 is 0 Å². The number of hydrazine groups is 1. The van der Waals surface area contributed by atoms with Gasteiger partial charge in [-0.15, -0.1) is 0 Å². The van der Waals surface area contributed by atoms with E-state index in [0.29, 0.717) is 6.04 Å². The van der Waals surface area contributed by atoms with E-state index in [9.17, 15) is 0 Å². The van der Waals surface area contributed by atoms with Crippen molar-refractivity contribution < 1.29 is 0 Å². The van der Waals surface area contributed by atoms with Crippen molar-refractivity contribution in [3.63, 3.8) is 0 Å². The Morgan fingerprint density at radius 1 is 1.38 bits per heavy atom. The molecule has 1 aromatic rings. The van der Waals surface area contributed by atoms with Crippen LogP contribution in [0.3, 0.4) is 0 Å². The number of para-hydroxylation sites is 1. The summed E-state index contributed by atoms with van der Waals surface area (Å²) in [5.74, 6) is 6.09. The minimum atomic E-state index is 0.700. The lowest BCUT2D eigenvalue weighted by molar-refractivity contribution is 0.229. The number of hydrogen-bond donors (Lipinski definition) is 1. The van der Waals surface area contributed by atoms with Gasteiger partial charge < -0.3 is 9.80 Å². The lowest BCUT2D eigenvalue weighted by Crippen LogP contribution is -2.37. The molecule has 1 saturated heterocycles. The number of hydrogen-bond acceptors (Lipinski definition) is 4. The van der Waals surface area contributed by atoms with Crippen molar-refractivity contribution >= 4 is 5.69 Å². The third kappa shape index (κ3) is 4.84. The Morgan fingerprint density at radius 2 is 2.10 bits per heavy atom. The van der Waals surface area contributed by atoms with Crippen LogP contribution in [0.5, 0.6) is 0 Å². The summed E-state index contributed by atoms with van der Waals surface area (Å²) in [4.78, 5) is 4.85. The largest absolute Gasteiger partial charge is 0.302 e. The molecule has 1 aliphatic heterocycles. The quantitative estimate of drug-likeness (QED) is 0.643. The van der Waals surface area contributed by atoms with E-state index in [-0.39, 0.29) is 0 Å². The fourth-order valence-electron chi connectivity index (χ4n) is 3.01. The summed E-state index contributed by atoms with van der Waals surface area (Å²) in [6.45, 7) is 5.44. The second-order valence-electron chi connectivity index (χ2n) is 6.19. The van der Waals surface area contributed by atoms with Gasteiger partial charge in [0.1, 0.15) is 0 Å². The van der Waals surface area contributed by atoms with Gasteiger partial charge in [0.25, 0.3) is 0 Å². The van der Waals surface area contributed by atoms with Gasteiger partial charge >= 0.3 is 0 Å². The summed E-state index contributed by atoms with van der Waals surface area (Å²) in [6, 6.07) is 10.7. The monoisotopic (exact) mass is 288 g/mol. The van der Waals surface area contributed by atoms with Crippen molar-refractivity contribution in [1.82, 2.24) is 9.80 Å². The molecule has 2 N–H and O–H groups in total. The number of nitrogens with zero attached hydrogens (tertiary/aromatic N) is 3. The van der Waals surface area contributed by atoms with Crippen molar-refractivity contribution in [1.29, 1.82) is 0 Å². The topological polar surface area (TPSA) is 35.7 Å². The number of anilines is 1. The van der Waals surface area contributed by atoms with Crippen molar-refractivity contribution in [3.8, 4) is 0 Å². The summed E-state index contributed by atoms with van der Waals surface area (Å²) >= 11 is 0. The second-order valence-corrected chi connectivity index (χ2v) is 6.19. The first-order valence-corrected chi connectivity index (χ1v) is 7.71. The highest BCUT2D eigenvalue weighted by atomic mass is 15.4. The number of benzene rings is 1. The van der Waals surface area contributed by atoms with E-state index < -0.39 is 0 Å². The van der Waals surface area contributed by atoms with E-state index in [1.54, 1.807) is 5.01 Å². The molecule has 1 heterocycles. The minimum absolute atomic E-state index is 0.700. The average molecular weight is 288 g/mol. The van der Waals surface area contributed by atoms with Crippen LogP contribution in [0.1, 0.15) is 19.8 Å². The van der Waals surface area contributed by atoms with Crippen LogP contribution in [0, 0.1) is 0 Å². The lowest BCUT2D eigenvalue weighted by Gasteiger charge is -2.26. The molecular weight excluding hydrogens is 260 g/mol. The molecule has 1 aliphatic rings. The Balaban J connectivity index is 1.85. The third-order valence-corrected chi connectivity index (χ3v) is 4.13. The van der Waals surface area contributed by atoms with Gasteiger partial charge in [0.2, 0.25) is 0 Å². The molecule has 1 atom stereocenters. The zero-order chi connectivity index (χ0) is 15.2. The van der Waals surface area contributed by atoms with E-state index in [1.165, 1.54) is 25.0 Å². The highest BCUT2D eigenvalue weighted by Gasteiger charge is 2.21. The van der Waals surface area contributed by atoms with Gasteiger partial charge in [-0.2, -0.15) is 0 Å². The van der Waals surface area contributed by atoms with Crippen molar-refractivity contribution in [3.05, 3.63) is 42.1 Å². The standard InChI is InChI=1S/C17H28N4/c1-15(13-21(18)16-8-5-4-6-9-16)12-19(2)14-17-10-7-11-20(17)3/h4-6,8-9,13,17H,7,10-12,14,18H2,1-3H3/b15-13+/t17-/m0/s1. The van der Waals surface area contributed by atoms with Crippen LogP contribution < -0.4 is 10.9 Å². The summed E-state index contributed by atoms with van der Waals surface area (Å²) in [6.07, 6.45) is 4.66. The molecule has 0 spiro atoms. The Labute approximate surface area is 128 Å². The zero-order valence-corrected chi connectivity index (χ0v) is 13.5. The Morgan fingerprint density at radius 3 is 2.71 bits per heavy atom. The van der Waals surface area contributed by atoms with Crippen molar-refractivity contribution in [2.75, 3.05) is 38.7 Å². The van der Waals surface area contributed by atoms with Crippen LogP contribution >= 0.6 is 0 Å². The van der Waals surface area contributed by atoms with Crippen LogP contribution in [-0.2, 0) is 0 Å². The summed E-state index contributed by atoms with van der Waals surface area (Å²) in [7, 11) is 4.41. The van der Waals surface area contributed by atoms with Gasteiger partial charge in [-0.05, 0) is 58.1 Å². The molecule has 2 rings (SSSR count). The predicted octanol–water partition coefficient (Wildman–Crippen LogP) is 2.30. The van der Waals surface area contributed by atoms with E-state index in [4.69, 9.17) is 5.84 Å². The first kappa shape index (κ1) is 16.0. The van der Waals surface area contributed by atoms with Crippen molar-refractivity contribution in [2.45, 2.75) is 25.8 Å². The molecule has 4 nitrogen and oxygen atoms in total. The molecule has 1 fully saturated rings. The predicted molar refractivity (Wildman–Crippen MR) is 90.0 cm³/mol. The molecular formula is C17H28N4. The van der Waals surface area contributed by atoms with Gasteiger partial charge in [-0.25, -0.2) is 5.84 Å². The Hall–Kier alpha value is -1.36. The van der Waals surface area contributed by atoms with Crippen LogP contribution in [0.4, 0.5) is 5.69 Å². The van der Waals surface area contributed by atoms with Gasteiger partial charge in [-0.1, -0.05) is 18.2 Å². The number of nitrogens with two attached hydrogens (primary N) is 1. The van der Waals surface area contributed by atoms with Gasteiger partial charge in [0.05, 0.1) is 5.69 Å². The van der Waals surface area contributed by atoms with Crippen LogP contribution in [0.15, 0.2) is 42.1 Å². The minimum Gasteiger partial charge on any atom is -0.302 e. The fourth-order valence-corrected chi connectivity index (χ4v) is 3.01. The van der Waals surface area contributed by atoms with Gasteiger partial charge in [-0.3, -0.25) is 5.01 Å². The maximum atomic E-state index is 6.09. The zero-order valence-electron chi connectivity index (χ0n) is 13.5. The van der Waals surface area contributed by atoms with E-state index in [2.05, 4.69) is 30.8 Å². The summed E-state index contributed by atoms with van der Waals surface area (Å²) < 4.78 is 0. The molecule has 0 unspecified atom stereocenters. The fraction of sp³-hybridized carbons (Fsp3) is 0.529. The molecule has 0 saturated carbocycles. The summed E-state index contributed by atoms with van der Waals surface area (Å²) in [5, 5.41) is 1.70. The number of likely N-dealkylation sites (N-methyl/N-ethyl adjacent to an activating group) is 2. The molecule has 21 heavy (non-hydrogen) atoms. The number of likely N-dealkylation sites (tertiary alicyclic amines) is 1. The van der Waals surface area contributed by atoms with E-state index in [0.717, 1.165) is 18.8 Å². The van der Waals surface area contributed by atoms with E-state index in [1.807, 2.05) is 36.5 Å². The molecule has 0 amide bonds. The van der Waals surface area contributed by atoms with Crippen molar-refractivity contribution in [2.24, 2.45) is 5.84 Å². The first-order chi connectivity index (χ1) is 10.1. The van der Waals surface area contributed by atoms with Crippen LogP contribution in [0.2, 0.25) is 0 Å².